The summed E-state index contributed by atoms with van der Waals surface area (Å²) < 4.78 is 5.24. The third-order valence-electron chi connectivity index (χ3n) is 4.25. The number of anilines is 1. The summed E-state index contributed by atoms with van der Waals surface area (Å²) in [5, 5.41) is 11.6. The summed E-state index contributed by atoms with van der Waals surface area (Å²) >= 11 is 5.93. The highest BCUT2D eigenvalue weighted by atomic mass is 35.5. The summed E-state index contributed by atoms with van der Waals surface area (Å²) in [7, 11) is 1.53. The Labute approximate surface area is 152 Å². The maximum absolute atomic E-state index is 12.4. The van der Waals surface area contributed by atoms with E-state index in [1.54, 1.807) is 30.3 Å². The van der Waals surface area contributed by atoms with Crippen LogP contribution in [0.15, 0.2) is 42.5 Å². The normalized spacial score (nSPS) is 13.6. The monoisotopic (exact) mass is 357 g/mol. The summed E-state index contributed by atoms with van der Waals surface area (Å²) in [5.74, 6) is 0.789. The summed E-state index contributed by atoms with van der Waals surface area (Å²) in [4.78, 5) is 14.5. The van der Waals surface area contributed by atoms with Gasteiger partial charge in [-0.25, -0.2) is 0 Å². The van der Waals surface area contributed by atoms with Crippen LogP contribution in [-0.4, -0.2) is 36.8 Å². The number of benzene rings is 2. The van der Waals surface area contributed by atoms with Crippen molar-refractivity contribution in [3.05, 3.63) is 58.6 Å². The first-order valence-corrected chi connectivity index (χ1v) is 8.55. The molecule has 0 radical (unpaired) electrons. The fourth-order valence-electron chi connectivity index (χ4n) is 2.87. The summed E-state index contributed by atoms with van der Waals surface area (Å²) in [6, 6.07) is 12.1. The number of nitrogens with one attached hydrogen (secondary N) is 2. The van der Waals surface area contributed by atoms with E-state index in [2.05, 4.69) is 10.2 Å². The summed E-state index contributed by atoms with van der Waals surface area (Å²) in [6.07, 6.45) is 2.26. The van der Waals surface area contributed by atoms with E-state index in [9.17, 15) is 4.79 Å². The van der Waals surface area contributed by atoms with Gasteiger partial charge in [0.2, 0.25) is 0 Å². The lowest BCUT2D eigenvalue weighted by atomic mass is 10.1. The molecule has 6 heteroatoms. The molecule has 1 heterocycles. The SMILES string of the molecule is COc1cc(Cl)ccc1NC(=O)c1ccc(C(=N)N2CCCC2)cc1. The molecule has 5 nitrogen and oxygen atoms in total. The van der Waals surface area contributed by atoms with Crippen LogP contribution in [-0.2, 0) is 0 Å². The zero-order valence-corrected chi connectivity index (χ0v) is 14.8. The molecule has 1 fully saturated rings. The molecule has 2 aromatic carbocycles. The Morgan fingerprint density at radius 1 is 1.12 bits per heavy atom. The smallest absolute Gasteiger partial charge is 0.255 e. The minimum atomic E-state index is -0.236. The van der Waals surface area contributed by atoms with E-state index in [0.717, 1.165) is 31.5 Å². The van der Waals surface area contributed by atoms with Crippen molar-refractivity contribution in [2.75, 3.05) is 25.5 Å². The van der Waals surface area contributed by atoms with Gasteiger partial charge in [0.25, 0.3) is 5.91 Å². The molecule has 0 unspecified atom stereocenters. The van der Waals surface area contributed by atoms with Crippen LogP contribution in [0.5, 0.6) is 5.75 Å². The highest BCUT2D eigenvalue weighted by Gasteiger charge is 2.17. The molecule has 1 saturated heterocycles. The minimum absolute atomic E-state index is 0.236. The molecule has 1 aliphatic heterocycles. The first-order chi connectivity index (χ1) is 12.1. The standard InChI is InChI=1S/C19H20ClN3O2/c1-25-17-12-15(20)8-9-16(17)22-19(24)14-6-4-13(5-7-14)18(21)23-10-2-3-11-23/h4-9,12,21H,2-3,10-11H2,1H3,(H,22,24). The topological polar surface area (TPSA) is 65.4 Å². The molecule has 1 aliphatic rings. The zero-order valence-electron chi connectivity index (χ0n) is 14.0. The average molecular weight is 358 g/mol. The first kappa shape index (κ1) is 17.3. The van der Waals surface area contributed by atoms with Gasteiger partial charge >= 0.3 is 0 Å². The molecular weight excluding hydrogens is 338 g/mol. The van der Waals surface area contributed by atoms with Crippen molar-refractivity contribution >= 4 is 29.0 Å². The number of carbonyl (C=O) groups excluding carboxylic acids is 1. The van der Waals surface area contributed by atoms with Gasteiger partial charge in [-0.05, 0) is 37.1 Å². The van der Waals surface area contributed by atoms with Crippen LogP contribution in [0.4, 0.5) is 5.69 Å². The predicted molar refractivity (Wildman–Crippen MR) is 100 cm³/mol. The van der Waals surface area contributed by atoms with Crippen molar-refractivity contribution in [3.8, 4) is 5.75 Å². The number of hydrogen-bond donors (Lipinski definition) is 2. The molecule has 0 aromatic heterocycles. The molecule has 3 rings (SSSR count). The lowest BCUT2D eigenvalue weighted by Crippen LogP contribution is -2.27. The van der Waals surface area contributed by atoms with E-state index >= 15 is 0 Å². The summed E-state index contributed by atoms with van der Waals surface area (Å²) in [5.41, 5.74) is 1.91. The Morgan fingerprint density at radius 2 is 1.76 bits per heavy atom. The number of halogens is 1. The van der Waals surface area contributed by atoms with Gasteiger partial charge in [-0.15, -0.1) is 0 Å². The zero-order chi connectivity index (χ0) is 17.8. The van der Waals surface area contributed by atoms with Crippen LogP contribution in [0.2, 0.25) is 5.02 Å². The van der Waals surface area contributed by atoms with E-state index < -0.39 is 0 Å². The van der Waals surface area contributed by atoms with E-state index in [4.69, 9.17) is 21.7 Å². The Hall–Kier alpha value is -2.53. The van der Waals surface area contributed by atoms with Gasteiger partial charge in [-0.2, -0.15) is 0 Å². The lowest BCUT2D eigenvalue weighted by molar-refractivity contribution is 0.102. The number of nitrogens with zero attached hydrogens (tertiary/aromatic N) is 1. The van der Waals surface area contributed by atoms with Gasteiger partial charge in [0, 0.05) is 35.3 Å². The molecule has 2 aromatic rings. The van der Waals surface area contributed by atoms with Crippen LogP contribution in [0.1, 0.15) is 28.8 Å². The largest absolute Gasteiger partial charge is 0.495 e. The Morgan fingerprint density at radius 3 is 2.40 bits per heavy atom. The molecule has 0 bridgehead atoms. The molecule has 2 N–H and O–H groups in total. The van der Waals surface area contributed by atoms with E-state index in [-0.39, 0.29) is 5.91 Å². The highest BCUT2D eigenvalue weighted by Crippen LogP contribution is 2.28. The average Bonchev–Trinajstić information content (AvgIpc) is 3.17. The molecule has 0 aliphatic carbocycles. The number of carbonyl (C=O) groups is 1. The van der Waals surface area contributed by atoms with Crippen molar-refractivity contribution in [3.63, 3.8) is 0 Å². The minimum Gasteiger partial charge on any atom is -0.495 e. The van der Waals surface area contributed by atoms with Crippen LogP contribution < -0.4 is 10.1 Å². The number of amides is 1. The molecule has 0 spiro atoms. The van der Waals surface area contributed by atoms with E-state index in [1.807, 2.05) is 12.1 Å². The first-order valence-electron chi connectivity index (χ1n) is 8.17. The van der Waals surface area contributed by atoms with Gasteiger partial charge in [-0.1, -0.05) is 23.7 Å². The van der Waals surface area contributed by atoms with Crippen molar-refractivity contribution in [2.45, 2.75) is 12.8 Å². The maximum atomic E-state index is 12.4. The van der Waals surface area contributed by atoms with Crippen LogP contribution in [0.25, 0.3) is 0 Å². The number of likely N-dealkylation sites (tertiary alicyclic amines) is 1. The maximum Gasteiger partial charge on any atom is 0.255 e. The second-order valence-corrected chi connectivity index (χ2v) is 6.36. The number of methoxy groups -OCH3 is 1. The quantitative estimate of drug-likeness (QED) is 0.641. The molecule has 0 saturated carbocycles. The fraction of sp³-hybridized carbons (Fsp3) is 0.263. The second kappa shape index (κ2) is 7.57. The fourth-order valence-corrected chi connectivity index (χ4v) is 3.03. The van der Waals surface area contributed by atoms with E-state index in [0.29, 0.717) is 27.9 Å². The van der Waals surface area contributed by atoms with E-state index in [1.165, 1.54) is 7.11 Å². The molecule has 25 heavy (non-hydrogen) atoms. The predicted octanol–water partition coefficient (Wildman–Crippen LogP) is 4.02. The number of rotatable bonds is 4. The number of ether oxygens (including phenoxy) is 1. The van der Waals surface area contributed by atoms with Gasteiger partial charge in [-0.3, -0.25) is 10.2 Å². The van der Waals surface area contributed by atoms with Gasteiger partial charge < -0.3 is 15.0 Å². The van der Waals surface area contributed by atoms with Crippen LogP contribution >= 0.6 is 11.6 Å². The van der Waals surface area contributed by atoms with Crippen molar-refractivity contribution in [1.82, 2.24) is 4.90 Å². The van der Waals surface area contributed by atoms with Crippen molar-refractivity contribution in [1.29, 1.82) is 5.41 Å². The Kier molecular flexibility index (Phi) is 5.24. The molecule has 0 atom stereocenters. The lowest BCUT2D eigenvalue weighted by Gasteiger charge is -2.18. The third kappa shape index (κ3) is 3.94. The summed E-state index contributed by atoms with van der Waals surface area (Å²) in [6.45, 7) is 1.86. The van der Waals surface area contributed by atoms with Crippen molar-refractivity contribution < 1.29 is 9.53 Å². The van der Waals surface area contributed by atoms with Gasteiger partial charge in [0.1, 0.15) is 11.6 Å². The van der Waals surface area contributed by atoms with Crippen molar-refractivity contribution in [2.24, 2.45) is 0 Å². The number of amidine groups is 1. The molecule has 130 valence electrons. The van der Waals surface area contributed by atoms with Crippen LogP contribution in [0.3, 0.4) is 0 Å². The Balaban J connectivity index is 1.71. The molecular formula is C19H20ClN3O2. The van der Waals surface area contributed by atoms with Gasteiger partial charge in [0.15, 0.2) is 0 Å². The Bertz CT molecular complexity index is 784. The van der Waals surface area contributed by atoms with Crippen LogP contribution in [0, 0.1) is 5.41 Å². The third-order valence-corrected chi connectivity index (χ3v) is 4.49. The highest BCUT2D eigenvalue weighted by molar-refractivity contribution is 6.30. The molecule has 1 amide bonds. The van der Waals surface area contributed by atoms with Gasteiger partial charge in [0.05, 0.1) is 12.8 Å². The second-order valence-electron chi connectivity index (χ2n) is 5.92. The number of hydrogen-bond acceptors (Lipinski definition) is 3.